The minimum Gasteiger partial charge on any atom is -0.493 e. The molecule has 0 bridgehead atoms. The summed E-state index contributed by atoms with van der Waals surface area (Å²) in [6.45, 7) is 3.87. The maximum Gasteiger partial charge on any atom is 0.262 e. The lowest BCUT2D eigenvalue weighted by Gasteiger charge is -2.11. The van der Waals surface area contributed by atoms with Gasteiger partial charge >= 0.3 is 0 Å². The second-order valence-corrected chi connectivity index (χ2v) is 6.31. The molecule has 0 aliphatic carbocycles. The fourth-order valence-corrected chi connectivity index (χ4v) is 2.46. The maximum atomic E-state index is 12.1. The Morgan fingerprint density at radius 2 is 1.62 bits per heavy atom. The second kappa shape index (κ2) is 10.7. The molecule has 2 aromatic carbocycles. The molecule has 2 aromatic rings. The van der Waals surface area contributed by atoms with Crippen LogP contribution >= 0.6 is 0 Å². The molecule has 154 valence electrons. The summed E-state index contributed by atoms with van der Waals surface area (Å²) in [5.74, 6) is 0.304. The van der Waals surface area contributed by atoms with Crippen LogP contribution < -0.4 is 25.4 Å². The molecule has 0 spiro atoms. The molecule has 8 nitrogen and oxygen atoms in total. The average Bonchev–Trinajstić information content (AvgIpc) is 2.70. The van der Waals surface area contributed by atoms with E-state index in [0.717, 1.165) is 5.56 Å². The van der Waals surface area contributed by atoms with Gasteiger partial charge in [-0.2, -0.15) is 0 Å². The molecule has 0 atom stereocenters. The van der Waals surface area contributed by atoms with E-state index >= 15 is 0 Å². The van der Waals surface area contributed by atoms with Gasteiger partial charge in [-0.05, 0) is 48.9 Å². The number of anilines is 1. The monoisotopic (exact) mass is 399 g/mol. The molecule has 0 unspecified atom stereocenters. The Kier molecular flexibility index (Phi) is 8.02. The Morgan fingerprint density at radius 3 is 2.28 bits per heavy atom. The van der Waals surface area contributed by atoms with Crippen molar-refractivity contribution in [2.45, 2.75) is 13.8 Å². The molecule has 0 saturated carbocycles. The Hall–Kier alpha value is -3.55. The van der Waals surface area contributed by atoms with Crippen molar-refractivity contribution >= 4 is 23.4 Å². The van der Waals surface area contributed by atoms with Crippen LogP contribution in [-0.2, 0) is 9.59 Å². The topological polar surface area (TPSA) is 106 Å². The summed E-state index contributed by atoms with van der Waals surface area (Å²) in [6.07, 6.45) is 0. The zero-order valence-electron chi connectivity index (χ0n) is 16.7. The summed E-state index contributed by atoms with van der Waals surface area (Å²) in [5, 5.41) is 8.00. The van der Waals surface area contributed by atoms with Crippen LogP contribution in [0.5, 0.6) is 11.5 Å². The third kappa shape index (κ3) is 7.17. The molecular weight excluding hydrogens is 374 g/mol. The standard InChI is InChI=1S/C21H25N3O5/c1-14-4-9-18(19(12-14)28-3)29-13-20(26)24-17-7-5-16(6-8-17)21(27)23-11-10-22-15(2)25/h4-9,12H,10-11,13H2,1-3H3,(H,22,25)(H,23,27)(H,24,26). The van der Waals surface area contributed by atoms with Gasteiger partial charge in [0.05, 0.1) is 7.11 Å². The van der Waals surface area contributed by atoms with Crippen LogP contribution in [0.1, 0.15) is 22.8 Å². The molecule has 0 heterocycles. The fraction of sp³-hybridized carbons (Fsp3) is 0.286. The Labute approximate surface area is 169 Å². The Balaban J connectivity index is 1.82. The lowest BCUT2D eigenvalue weighted by atomic mass is 10.2. The number of aryl methyl sites for hydroxylation is 1. The van der Waals surface area contributed by atoms with E-state index in [1.165, 1.54) is 6.92 Å². The van der Waals surface area contributed by atoms with Crippen molar-refractivity contribution in [2.24, 2.45) is 0 Å². The third-order valence-electron chi connectivity index (χ3n) is 3.89. The van der Waals surface area contributed by atoms with Crippen LogP contribution in [-0.4, -0.2) is 44.5 Å². The van der Waals surface area contributed by atoms with Crippen LogP contribution in [0.25, 0.3) is 0 Å². The van der Waals surface area contributed by atoms with Gasteiger partial charge in [0.15, 0.2) is 18.1 Å². The van der Waals surface area contributed by atoms with Gasteiger partial charge in [0.1, 0.15) is 0 Å². The SMILES string of the molecule is COc1cc(C)ccc1OCC(=O)Nc1ccc(C(=O)NCCNC(C)=O)cc1. The predicted octanol–water partition coefficient (Wildman–Crippen LogP) is 1.89. The summed E-state index contributed by atoms with van der Waals surface area (Å²) in [4.78, 5) is 34.9. The summed E-state index contributed by atoms with van der Waals surface area (Å²) in [7, 11) is 1.54. The number of carbonyl (C=O) groups is 3. The molecule has 0 radical (unpaired) electrons. The van der Waals surface area contributed by atoms with Gasteiger partial charge in [0.2, 0.25) is 5.91 Å². The highest BCUT2D eigenvalue weighted by Crippen LogP contribution is 2.27. The number of nitrogens with one attached hydrogen (secondary N) is 3. The smallest absolute Gasteiger partial charge is 0.262 e. The number of amides is 3. The number of hydrogen-bond donors (Lipinski definition) is 3. The lowest BCUT2D eigenvalue weighted by Crippen LogP contribution is -2.33. The van der Waals surface area contributed by atoms with E-state index in [2.05, 4.69) is 16.0 Å². The number of hydrogen-bond acceptors (Lipinski definition) is 5. The minimum atomic E-state index is -0.333. The molecule has 3 amide bonds. The van der Waals surface area contributed by atoms with Gasteiger partial charge in [-0.1, -0.05) is 6.07 Å². The third-order valence-corrected chi connectivity index (χ3v) is 3.89. The molecule has 0 aliphatic heterocycles. The maximum absolute atomic E-state index is 12.1. The second-order valence-electron chi connectivity index (χ2n) is 6.31. The van der Waals surface area contributed by atoms with Crippen molar-refractivity contribution < 1.29 is 23.9 Å². The zero-order chi connectivity index (χ0) is 21.2. The van der Waals surface area contributed by atoms with Crippen molar-refractivity contribution in [2.75, 3.05) is 32.1 Å². The van der Waals surface area contributed by atoms with E-state index < -0.39 is 0 Å². The fourth-order valence-electron chi connectivity index (χ4n) is 2.46. The van der Waals surface area contributed by atoms with Crippen LogP contribution in [0, 0.1) is 6.92 Å². The number of rotatable bonds is 9. The van der Waals surface area contributed by atoms with Gasteiger partial charge in [-0.25, -0.2) is 0 Å². The van der Waals surface area contributed by atoms with E-state index in [1.807, 2.05) is 19.1 Å². The largest absolute Gasteiger partial charge is 0.493 e. The number of ether oxygens (including phenoxy) is 2. The van der Waals surface area contributed by atoms with E-state index in [4.69, 9.17) is 9.47 Å². The van der Waals surface area contributed by atoms with Crippen molar-refractivity contribution in [1.82, 2.24) is 10.6 Å². The Morgan fingerprint density at radius 1 is 0.931 bits per heavy atom. The molecule has 0 fully saturated rings. The lowest BCUT2D eigenvalue weighted by molar-refractivity contribution is -0.119. The van der Waals surface area contributed by atoms with Crippen molar-refractivity contribution in [3.05, 3.63) is 53.6 Å². The van der Waals surface area contributed by atoms with Crippen LogP contribution in [0.2, 0.25) is 0 Å². The summed E-state index contributed by atoms with van der Waals surface area (Å²) in [6, 6.07) is 11.9. The van der Waals surface area contributed by atoms with Crippen LogP contribution in [0.4, 0.5) is 5.69 Å². The minimum absolute atomic E-state index is 0.149. The van der Waals surface area contributed by atoms with Gasteiger partial charge in [-0.3, -0.25) is 14.4 Å². The number of benzene rings is 2. The van der Waals surface area contributed by atoms with Gasteiger partial charge < -0.3 is 25.4 Å². The first kappa shape index (κ1) is 21.7. The normalized spacial score (nSPS) is 10.0. The van der Waals surface area contributed by atoms with E-state index in [0.29, 0.717) is 35.8 Å². The van der Waals surface area contributed by atoms with Crippen LogP contribution in [0.3, 0.4) is 0 Å². The first-order valence-electron chi connectivity index (χ1n) is 9.09. The zero-order valence-corrected chi connectivity index (χ0v) is 16.7. The molecule has 0 aromatic heterocycles. The number of carbonyl (C=O) groups excluding carboxylic acids is 3. The van der Waals surface area contributed by atoms with E-state index in [-0.39, 0.29) is 24.3 Å². The Bertz CT molecular complexity index is 865. The highest BCUT2D eigenvalue weighted by molar-refractivity contribution is 5.96. The first-order valence-corrected chi connectivity index (χ1v) is 9.09. The number of methoxy groups -OCH3 is 1. The summed E-state index contributed by atoms with van der Waals surface area (Å²) < 4.78 is 10.8. The molecule has 8 heteroatoms. The van der Waals surface area contributed by atoms with Gasteiger partial charge in [-0.15, -0.1) is 0 Å². The van der Waals surface area contributed by atoms with E-state index in [1.54, 1.807) is 37.4 Å². The highest BCUT2D eigenvalue weighted by atomic mass is 16.5. The molecule has 3 N–H and O–H groups in total. The van der Waals surface area contributed by atoms with Crippen molar-refractivity contribution in [3.63, 3.8) is 0 Å². The summed E-state index contributed by atoms with van der Waals surface area (Å²) >= 11 is 0. The summed E-state index contributed by atoms with van der Waals surface area (Å²) in [5.41, 5.74) is 2.02. The van der Waals surface area contributed by atoms with Crippen molar-refractivity contribution in [1.29, 1.82) is 0 Å². The van der Waals surface area contributed by atoms with E-state index in [9.17, 15) is 14.4 Å². The highest BCUT2D eigenvalue weighted by Gasteiger charge is 2.09. The molecule has 0 aliphatic rings. The first-order chi connectivity index (χ1) is 13.9. The molecule has 2 rings (SSSR count). The van der Waals surface area contributed by atoms with Crippen LogP contribution in [0.15, 0.2) is 42.5 Å². The van der Waals surface area contributed by atoms with Gasteiger partial charge in [0.25, 0.3) is 11.8 Å². The molecule has 29 heavy (non-hydrogen) atoms. The van der Waals surface area contributed by atoms with Gasteiger partial charge in [0, 0.05) is 31.3 Å². The predicted molar refractivity (Wildman–Crippen MR) is 109 cm³/mol. The average molecular weight is 399 g/mol. The molecular formula is C21H25N3O5. The molecule has 0 saturated heterocycles. The van der Waals surface area contributed by atoms with Crippen molar-refractivity contribution in [3.8, 4) is 11.5 Å². The quantitative estimate of drug-likeness (QED) is 0.559.